The van der Waals surface area contributed by atoms with Crippen molar-refractivity contribution in [1.29, 1.82) is 0 Å². The van der Waals surface area contributed by atoms with E-state index in [0.717, 1.165) is 75.3 Å². The Morgan fingerprint density at radius 1 is 1.04 bits per heavy atom. The molecule has 0 spiro atoms. The highest BCUT2D eigenvalue weighted by atomic mass is 32.2. The molecule has 3 N–H and O–H groups in total. The van der Waals surface area contributed by atoms with E-state index >= 15 is 0 Å². The number of aryl methyl sites for hydroxylation is 1. The highest BCUT2D eigenvalue weighted by Gasteiger charge is 2.53. The lowest BCUT2D eigenvalue weighted by atomic mass is 9.76. The van der Waals surface area contributed by atoms with E-state index < -0.39 is 75.8 Å². The number of ether oxygens (including phenoxy) is 2. The smallest absolute Gasteiger partial charge is 0.410 e. The number of fused-ring (bicyclic) bond motifs is 3. The van der Waals surface area contributed by atoms with Gasteiger partial charge < -0.3 is 29.7 Å². The number of hydrogen-bond donors (Lipinski definition) is 3. The molecular weight excluding hydrogens is 707 g/mol. The molecule has 7 rings (SSSR count). The molecule has 6 atom stereocenters. The van der Waals surface area contributed by atoms with Crippen LogP contribution in [0, 0.1) is 23.7 Å². The number of carbonyl (C=O) groups excluding carboxylic acids is 5. The van der Waals surface area contributed by atoms with Crippen LogP contribution in [-0.4, -0.2) is 86.7 Å². The van der Waals surface area contributed by atoms with Crippen LogP contribution in [0.15, 0.2) is 30.9 Å². The average molecular weight is 760 g/mol. The van der Waals surface area contributed by atoms with Crippen LogP contribution in [0.25, 0.3) is 0 Å². The Morgan fingerprint density at radius 3 is 2.50 bits per heavy atom. The fraction of sp³-hybridized carbons (Fsp3) is 0.610. The molecular formula is C41H53N5O7S. The van der Waals surface area contributed by atoms with E-state index in [0.29, 0.717) is 24.8 Å². The zero-order valence-corrected chi connectivity index (χ0v) is 32.3. The number of cyclic esters (lactones) is 1. The summed E-state index contributed by atoms with van der Waals surface area (Å²) in [6, 6.07) is 4.07. The maximum absolute atomic E-state index is 14.8. The number of hydrogen-bond acceptors (Lipinski definition) is 7. The van der Waals surface area contributed by atoms with Crippen LogP contribution in [0.5, 0.6) is 0 Å². The minimum atomic E-state index is -1.58. The second-order valence-electron chi connectivity index (χ2n) is 16.4. The first-order chi connectivity index (χ1) is 25.9. The van der Waals surface area contributed by atoms with Gasteiger partial charge in [-0.15, -0.1) is 6.58 Å². The highest BCUT2D eigenvalue weighted by molar-refractivity contribution is 8.13. The van der Waals surface area contributed by atoms with Crippen molar-refractivity contribution in [2.75, 3.05) is 6.54 Å². The first kappa shape index (κ1) is 38.0. The van der Waals surface area contributed by atoms with Crippen molar-refractivity contribution in [1.82, 2.24) is 25.2 Å². The van der Waals surface area contributed by atoms with Gasteiger partial charge in [0, 0.05) is 24.8 Å². The standard InChI is InChI=1S/C41H53N5O7S/c1-5-29-19-21-41(29,37(49)44-54(4)31-17-18-31)43-35(47)33-22-30-24-46(33)36(48)34(27-13-7-6-8-14-27)42-38(50)53-40(2,3)20-10-9-12-26-15-11-16-28-23-45(25-32(26)28)39(51)52-30/h5,11,15-16,27,29-31,33-34H,1,4,6-10,12-14,17-18,20,22-25H2,2-3H3,(H,42,50)(H,43,47)(H,44,49)/t29-,30-,33+,34+,41-,54?/m1/s1. The van der Waals surface area contributed by atoms with E-state index in [2.05, 4.69) is 45.7 Å². The molecule has 12 nitrogen and oxygen atoms in total. The fourth-order valence-corrected chi connectivity index (χ4v) is 9.88. The Morgan fingerprint density at radius 2 is 1.80 bits per heavy atom. The summed E-state index contributed by atoms with van der Waals surface area (Å²) in [5.41, 5.74) is 1.01. The van der Waals surface area contributed by atoms with E-state index in [9.17, 15) is 24.0 Å². The Bertz CT molecular complexity index is 1790. The summed E-state index contributed by atoms with van der Waals surface area (Å²) in [6.45, 7) is 8.38. The molecule has 3 fully saturated rings. The van der Waals surface area contributed by atoms with Crippen molar-refractivity contribution in [3.05, 3.63) is 47.5 Å². The lowest BCUT2D eigenvalue weighted by Gasteiger charge is -2.39. The van der Waals surface area contributed by atoms with Crippen LogP contribution in [-0.2, 0) is 43.4 Å². The molecule has 3 aliphatic heterocycles. The topological polar surface area (TPSA) is 146 Å². The molecule has 4 bridgehead atoms. The second-order valence-corrected chi connectivity index (χ2v) is 18.1. The van der Waals surface area contributed by atoms with Gasteiger partial charge in [-0.25, -0.2) is 9.59 Å². The first-order valence-corrected chi connectivity index (χ1v) is 21.0. The Balaban J connectivity index is 1.19. The van der Waals surface area contributed by atoms with Gasteiger partial charge in [0.25, 0.3) is 5.91 Å². The lowest BCUT2D eigenvalue weighted by molar-refractivity contribution is -0.142. The third-order valence-electron chi connectivity index (χ3n) is 11.9. The highest BCUT2D eigenvalue weighted by Crippen LogP contribution is 2.38. The predicted molar refractivity (Wildman–Crippen MR) is 206 cm³/mol. The zero-order chi connectivity index (χ0) is 38.2. The van der Waals surface area contributed by atoms with Gasteiger partial charge in [0.1, 0.15) is 23.8 Å². The number of alkyl carbamates (subject to hydrolysis) is 1. The average Bonchev–Trinajstić information content (AvgIpc) is 3.76. The summed E-state index contributed by atoms with van der Waals surface area (Å²) in [6.07, 6.45) is 8.97. The minimum Gasteiger partial charge on any atom is -0.444 e. The van der Waals surface area contributed by atoms with Gasteiger partial charge >= 0.3 is 12.2 Å². The molecule has 1 aromatic carbocycles. The van der Waals surface area contributed by atoms with Crippen LogP contribution in [0.4, 0.5) is 9.59 Å². The molecule has 0 radical (unpaired) electrons. The molecule has 2 saturated carbocycles. The monoisotopic (exact) mass is 759 g/mol. The van der Waals surface area contributed by atoms with Crippen LogP contribution in [0.1, 0.15) is 101 Å². The van der Waals surface area contributed by atoms with Crippen molar-refractivity contribution in [2.45, 2.75) is 139 Å². The molecule has 13 heteroatoms. The molecule has 290 valence electrons. The SMILES string of the molecule is C=C[C@@H]1C#C[C@]1(NC(=O)[C@@H]1C[C@@H]2CN1C(=O)[C@H](C1CCCCC1)NC(=O)OC(C)(C)CCCCc1cccc3c1CN(C3)C(=O)O2)C(=O)NS(=C)C1CC1. The third kappa shape index (κ3) is 7.90. The molecule has 5 amide bonds. The normalized spacial score (nSPS) is 30.4. The van der Waals surface area contributed by atoms with Crippen LogP contribution in [0.2, 0.25) is 0 Å². The van der Waals surface area contributed by atoms with E-state index in [1.807, 2.05) is 26.0 Å². The van der Waals surface area contributed by atoms with Crippen LogP contribution in [0.3, 0.4) is 0 Å². The quantitative estimate of drug-likeness (QED) is 0.205. The van der Waals surface area contributed by atoms with Crippen molar-refractivity contribution in [2.24, 2.45) is 11.8 Å². The van der Waals surface area contributed by atoms with Gasteiger partial charge in [-0.3, -0.25) is 19.3 Å². The first-order valence-electron chi connectivity index (χ1n) is 19.5. The van der Waals surface area contributed by atoms with Gasteiger partial charge in [-0.05, 0) is 87.8 Å². The van der Waals surface area contributed by atoms with E-state index in [1.54, 1.807) is 4.90 Å². The maximum Gasteiger partial charge on any atom is 0.410 e. The van der Waals surface area contributed by atoms with Crippen molar-refractivity contribution < 1.29 is 33.4 Å². The summed E-state index contributed by atoms with van der Waals surface area (Å²) in [5, 5.41) is 6.13. The predicted octanol–water partition coefficient (Wildman–Crippen LogP) is 4.86. The molecule has 0 aromatic heterocycles. The van der Waals surface area contributed by atoms with Gasteiger partial charge in [0.05, 0.1) is 12.5 Å². The van der Waals surface area contributed by atoms with Gasteiger partial charge in [-0.1, -0.05) is 71.9 Å². The summed E-state index contributed by atoms with van der Waals surface area (Å²) in [7, 11) is -0.635. The maximum atomic E-state index is 14.8. The number of nitrogens with one attached hydrogen (secondary N) is 3. The van der Waals surface area contributed by atoms with Crippen LogP contribution < -0.4 is 15.4 Å². The van der Waals surface area contributed by atoms with E-state index in [4.69, 9.17) is 9.47 Å². The fourth-order valence-electron chi connectivity index (χ4n) is 8.61. The molecule has 3 heterocycles. The van der Waals surface area contributed by atoms with Crippen molar-refractivity contribution >= 4 is 46.4 Å². The van der Waals surface area contributed by atoms with Crippen molar-refractivity contribution in [3.8, 4) is 11.8 Å². The Kier molecular flexibility index (Phi) is 10.9. The minimum absolute atomic E-state index is 0.00980. The number of nitrogens with zero attached hydrogens (tertiary/aromatic N) is 2. The summed E-state index contributed by atoms with van der Waals surface area (Å²) < 4.78 is 15.0. The zero-order valence-electron chi connectivity index (χ0n) is 31.5. The molecule has 54 heavy (non-hydrogen) atoms. The molecule has 3 aliphatic carbocycles. The van der Waals surface area contributed by atoms with E-state index in [1.165, 1.54) is 16.5 Å². The van der Waals surface area contributed by atoms with Gasteiger partial charge in [0.15, 0.2) is 5.54 Å². The summed E-state index contributed by atoms with van der Waals surface area (Å²) in [4.78, 5) is 73.5. The largest absolute Gasteiger partial charge is 0.444 e. The molecule has 1 saturated heterocycles. The van der Waals surface area contributed by atoms with Gasteiger partial charge in [-0.2, -0.15) is 0 Å². The molecule has 6 aliphatic rings. The second kappa shape index (κ2) is 15.4. The number of carbonyl (C=O) groups is 5. The van der Waals surface area contributed by atoms with Crippen molar-refractivity contribution in [3.63, 3.8) is 0 Å². The summed E-state index contributed by atoms with van der Waals surface area (Å²) >= 11 is 0. The van der Waals surface area contributed by atoms with E-state index in [-0.39, 0.29) is 18.9 Å². The Hall–Kier alpha value is -4.31. The number of rotatable bonds is 7. The number of benzene rings is 1. The molecule has 1 unspecified atom stereocenters. The van der Waals surface area contributed by atoms with Crippen LogP contribution >= 0.6 is 10.7 Å². The molecule has 1 aromatic rings. The third-order valence-corrected chi connectivity index (χ3v) is 13.6. The summed E-state index contributed by atoms with van der Waals surface area (Å²) in [5.74, 6) is 7.62. The van der Waals surface area contributed by atoms with Gasteiger partial charge in [0.2, 0.25) is 11.8 Å². The Labute approximate surface area is 320 Å². The lowest BCUT2D eigenvalue weighted by Crippen LogP contribution is -2.67. The number of amides is 5.